The van der Waals surface area contributed by atoms with Crippen molar-refractivity contribution in [1.29, 1.82) is 5.26 Å². The van der Waals surface area contributed by atoms with E-state index in [9.17, 15) is 0 Å². The van der Waals surface area contributed by atoms with Crippen molar-refractivity contribution in [2.75, 3.05) is 0 Å². The summed E-state index contributed by atoms with van der Waals surface area (Å²) in [5.41, 5.74) is 5.99. The quantitative estimate of drug-likeness (QED) is 0.588. The van der Waals surface area contributed by atoms with Crippen LogP contribution >= 0.6 is 0 Å². The molecule has 2 N–H and O–H groups in total. The first-order chi connectivity index (χ1) is 4.74. The summed E-state index contributed by atoms with van der Waals surface area (Å²) >= 11 is 0. The van der Waals surface area contributed by atoms with E-state index in [1.165, 1.54) is 0 Å². The number of aryl methyl sites for hydroxylation is 1. The summed E-state index contributed by atoms with van der Waals surface area (Å²) in [7, 11) is 1.83. The van der Waals surface area contributed by atoms with Crippen LogP contribution in [-0.4, -0.2) is 9.55 Å². The third-order valence-electron chi connectivity index (χ3n) is 1.18. The molecule has 0 spiro atoms. The minimum atomic E-state index is -0.596. The lowest BCUT2D eigenvalue weighted by Gasteiger charge is -1.92. The standard InChI is InChI=1S/C6H8N4/c1-10-3-6(9-4-10)5(8)2-7/h3-5H,8H2,1H3. The Morgan fingerprint density at radius 1 is 1.90 bits per heavy atom. The van der Waals surface area contributed by atoms with Gasteiger partial charge in [-0.05, 0) is 0 Å². The summed E-state index contributed by atoms with van der Waals surface area (Å²) < 4.78 is 1.76. The topological polar surface area (TPSA) is 67.6 Å². The molecule has 0 saturated heterocycles. The van der Waals surface area contributed by atoms with Crippen molar-refractivity contribution >= 4 is 0 Å². The van der Waals surface area contributed by atoms with Crippen LogP contribution < -0.4 is 5.73 Å². The van der Waals surface area contributed by atoms with E-state index in [0.717, 1.165) is 0 Å². The molecular weight excluding hydrogens is 128 g/mol. The summed E-state index contributed by atoms with van der Waals surface area (Å²) in [6, 6.07) is 1.30. The van der Waals surface area contributed by atoms with Gasteiger partial charge in [-0.25, -0.2) is 4.98 Å². The van der Waals surface area contributed by atoms with Gasteiger partial charge >= 0.3 is 0 Å². The van der Waals surface area contributed by atoms with E-state index in [4.69, 9.17) is 11.0 Å². The van der Waals surface area contributed by atoms with Crippen molar-refractivity contribution in [3.05, 3.63) is 18.2 Å². The number of hydrogen-bond donors (Lipinski definition) is 1. The zero-order chi connectivity index (χ0) is 7.56. The molecule has 0 aliphatic rings. The van der Waals surface area contributed by atoms with Crippen LogP contribution in [0.3, 0.4) is 0 Å². The van der Waals surface area contributed by atoms with Crippen LogP contribution in [0.2, 0.25) is 0 Å². The van der Waals surface area contributed by atoms with Gasteiger partial charge < -0.3 is 10.3 Å². The molecule has 1 atom stereocenters. The van der Waals surface area contributed by atoms with Gasteiger partial charge in [-0.2, -0.15) is 5.26 Å². The molecule has 0 aliphatic carbocycles. The monoisotopic (exact) mass is 136 g/mol. The summed E-state index contributed by atoms with van der Waals surface area (Å²) in [5.74, 6) is 0. The molecule has 1 heterocycles. The van der Waals surface area contributed by atoms with E-state index in [2.05, 4.69) is 4.98 Å². The molecule has 1 rings (SSSR count). The third-order valence-corrected chi connectivity index (χ3v) is 1.18. The van der Waals surface area contributed by atoms with E-state index in [1.807, 2.05) is 13.1 Å². The molecule has 0 saturated carbocycles. The molecule has 0 radical (unpaired) electrons. The van der Waals surface area contributed by atoms with Crippen molar-refractivity contribution in [3.63, 3.8) is 0 Å². The Morgan fingerprint density at radius 3 is 3.00 bits per heavy atom. The first kappa shape index (κ1) is 6.78. The number of nitrogens with zero attached hydrogens (tertiary/aromatic N) is 3. The highest BCUT2D eigenvalue weighted by Crippen LogP contribution is 2.03. The SMILES string of the molecule is Cn1cnc(C(N)C#N)c1. The van der Waals surface area contributed by atoms with Crippen LogP contribution in [0.4, 0.5) is 0 Å². The van der Waals surface area contributed by atoms with Crippen molar-refractivity contribution in [2.24, 2.45) is 12.8 Å². The average Bonchev–Trinajstić information content (AvgIpc) is 2.34. The fourth-order valence-electron chi connectivity index (χ4n) is 0.660. The lowest BCUT2D eigenvalue weighted by Crippen LogP contribution is -2.07. The summed E-state index contributed by atoms with van der Waals surface area (Å²) in [6.45, 7) is 0. The van der Waals surface area contributed by atoms with E-state index < -0.39 is 6.04 Å². The lowest BCUT2D eigenvalue weighted by atomic mass is 10.3. The van der Waals surface area contributed by atoms with Crippen LogP contribution in [0.1, 0.15) is 11.7 Å². The van der Waals surface area contributed by atoms with Gasteiger partial charge in [-0.3, -0.25) is 0 Å². The zero-order valence-electron chi connectivity index (χ0n) is 5.65. The van der Waals surface area contributed by atoms with Gasteiger partial charge in [-0.1, -0.05) is 0 Å². The van der Waals surface area contributed by atoms with Crippen LogP contribution in [0.25, 0.3) is 0 Å². The van der Waals surface area contributed by atoms with Gasteiger partial charge in [0.15, 0.2) is 0 Å². The highest BCUT2D eigenvalue weighted by atomic mass is 15.0. The van der Waals surface area contributed by atoms with E-state index >= 15 is 0 Å². The molecule has 4 heteroatoms. The Morgan fingerprint density at radius 2 is 2.60 bits per heavy atom. The minimum absolute atomic E-state index is 0.596. The van der Waals surface area contributed by atoms with Crippen LogP contribution in [0.5, 0.6) is 0 Å². The predicted octanol–water partition coefficient (Wildman–Crippen LogP) is -0.0565. The van der Waals surface area contributed by atoms with E-state index in [1.54, 1.807) is 17.1 Å². The number of aromatic nitrogens is 2. The number of rotatable bonds is 1. The van der Waals surface area contributed by atoms with Crippen molar-refractivity contribution in [1.82, 2.24) is 9.55 Å². The molecule has 0 bridgehead atoms. The highest BCUT2D eigenvalue weighted by Gasteiger charge is 2.05. The fourth-order valence-corrected chi connectivity index (χ4v) is 0.660. The fraction of sp³-hybridized carbons (Fsp3) is 0.333. The molecule has 0 aliphatic heterocycles. The lowest BCUT2D eigenvalue weighted by molar-refractivity contribution is 0.879. The van der Waals surface area contributed by atoms with Crippen LogP contribution in [0, 0.1) is 11.3 Å². The maximum atomic E-state index is 8.37. The first-order valence-corrected chi connectivity index (χ1v) is 2.87. The van der Waals surface area contributed by atoms with Crippen molar-refractivity contribution in [3.8, 4) is 6.07 Å². The molecule has 1 aromatic rings. The molecular formula is C6H8N4. The maximum Gasteiger partial charge on any atom is 0.137 e. The Kier molecular flexibility index (Phi) is 1.69. The molecule has 0 fully saturated rings. The van der Waals surface area contributed by atoms with E-state index in [-0.39, 0.29) is 0 Å². The normalized spacial score (nSPS) is 12.5. The van der Waals surface area contributed by atoms with Gasteiger partial charge in [0.25, 0.3) is 0 Å². The van der Waals surface area contributed by atoms with Gasteiger partial charge in [0.2, 0.25) is 0 Å². The molecule has 1 aromatic heterocycles. The van der Waals surface area contributed by atoms with Crippen molar-refractivity contribution in [2.45, 2.75) is 6.04 Å². The van der Waals surface area contributed by atoms with Crippen LogP contribution in [0.15, 0.2) is 12.5 Å². The molecule has 4 nitrogen and oxygen atoms in total. The molecule has 52 valence electrons. The van der Waals surface area contributed by atoms with Crippen LogP contribution in [-0.2, 0) is 7.05 Å². The third kappa shape index (κ3) is 1.14. The number of nitrogens with two attached hydrogens (primary N) is 1. The second-order valence-electron chi connectivity index (χ2n) is 2.07. The predicted molar refractivity (Wildman–Crippen MR) is 35.7 cm³/mol. The number of nitriles is 1. The molecule has 0 aromatic carbocycles. The van der Waals surface area contributed by atoms with Crippen molar-refractivity contribution < 1.29 is 0 Å². The second kappa shape index (κ2) is 2.50. The Hall–Kier alpha value is -1.34. The molecule has 1 unspecified atom stereocenters. The Balaban J connectivity index is 2.87. The first-order valence-electron chi connectivity index (χ1n) is 2.87. The smallest absolute Gasteiger partial charge is 0.137 e. The largest absolute Gasteiger partial charge is 0.340 e. The summed E-state index contributed by atoms with van der Waals surface area (Å²) in [6.07, 6.45) is 3.35. The molecule has 10 heavy (non-hydrogen) atoms. The van der Waals surface area contributed by atoms with Gasteiger partial charge in [-0.15, -0.1) is 0 Å². The number of hydrogen-bond acceptors (Lipinski definition) is 3. The molecule has 0 amide bonds. The Bertz CT molecular complexity index is 257. The van der Waals surface area contributed by atoms with Gasteiger partial charge in [0, 0.05) is 13.2 Å². The maximum absolute atomic E-state index is 8.37. The zero-order valence-corrected chi connectivity index (χ0v) is 5.65. The van der Waals surface area contributed by atoms with Gasteiger partial charge in [0.1, 0.15) is 6.04 Å². The van der Waals surface area contributed by atoms with Gasteiger partial charge in [0.05, 0.1) is 18.1 Å². The van der Waals surface area contributed by atoms with E-state index in [0.29, 0.717) is 5.69 Å². The summed E-state index contributed by atoms with van der Waals surface area (Å²) in [5, 5.41) is 8.37. The second-order valence-corrected chi connectivity index (χ2v) is 2.07. The number of imidazole rings is 1. The Labute approximate surface area is 58.9 Å². The highest BCUT2D eigenvalue weighted by molar-refractivity contribution is 5.10. The summed E-state index contributed by atoms with van der Waals surface area (Å²) in [4.78, 5) is 3.90. The average molecular weight is 136 g/mol. The minimum Gasteiger partial charge on any atom is -0.340 e.